The highest BCUT2D eigenvalue weighted by Crippen LogP contribution is 2.42. The van der Waals surface area contributed by atoms with Crippen LogP contribution in [-0.4, -0.2) is 24.5 Å². The smallest absolute Gasteiger partial charge is 0.351 e. The Balaban J connectivity index is 2.92. The minimum Gasteiger partial charge on any atom is -0.466 e. The summed E-state index contributed by atoms with van der Waals surface area (Å²) in [6.07, 6.45) is 0.709. The first-order valence-corrected chi connectivity index (χ1v) is 5.52. The van der Waals surface area contributed by atoms with Crippen molar-refractivity contribution in [3.05, 3.63) is 0 Å². The van der Waals surface area contributed by atoms with Crippen LogP contribution in [0.4, 0.5) is 4.39 Å². The number of carbonyl (C=O) groups is 2. The molecule has 3 nitrogen and oxygen atoms in total. The maximum atomic E-state index is 14.3. The molecule has 0 spiro atoms. The number of halogens is 1. The van der Waals surface area contributed by atoms with Gasteiger partial charge in [0.1, 0.15) is 0 Å². The molecule has 0 bridgehead atoms. The summed E-state index contributed by atoms with van der Waals surface area (Å²) in [5.41, 5.74) is -2.53. The van der Waals surface area contributed by atoms with E-state index in [-0.39, 0.29) is 24.2 Å². The molecule has 92 valence electrons. The van der Waals surface area contributed by atoms with Gasteiger partial charge in [-0.2, -0.15) is 0 Å². The van der Waals surface area contributed by atoms with Crippen molar-refractivity contribution in [2.75, 3.05) is 7.11 Å². The van der Waals surface area contributed by atoms with Gasteiger partial charge in [0.05, 0.1) is 7.11 Å². The summed E-state index contributed by atoms with van der Waals surface area (Å²) < 4.78 is 18.7. The molecule has 1 aliphatic carbocycles. The van der Waals surface area contributed by atoms with Gasteiger partial charge in [-0.05, 0) is 17.8 Å². The molecule has 0 aromatic heterocycles. The standard InChI is InChI=1S/C12H19FO3/c1-11(2,3)8-5-6-9(14)12(13,7-8)10(15)16-4/h8H,5-7H2,1-4H3. The Labute approximate surface area is 95.3 Å². The summed E-state index contributed by atoms with van der Waals surface area (Å²) in [6.45, 7) is 5.97. The third kappa shape index (κ3) is 2.25. The van der Waals surface area contributed by atoms with Crippen LogP contribution in [0.2, 0.25) is 0 Å². The lowest BCUT2D eigenvalue weighted by molar-refractivity contribution is -0.165. The fourth-order valence-corrected chi connectivity index (χ4v) is 2.16. The van der Waals surface area contributed by atoms with Gasteiger partial charge in [0, 0.05) is 12.8 Å². The number of carbonyl (C=O) groups excluding carboxylic acids is 2. The van der Waals surface area contributed by atoms with E-state index in [0.717, 1.165) is 7.11 Å². The van der Waals surface area contributed by atoms with Gasteiger partial charge in [0.15, 0.2) is 5.78 Å². The van der Waals surface area contributed by atoms with Crippen molar-refractivity contribution >= 4 is 11.8 Å². The second-order valence-electron chi connectivity index (χ2n) is 5.52. The lowest BCUT2D eigenvalue weighted by Gasteiger charge is -2.38. The average molecular weight is 230 g/mol. The second-order valence-corrected chi connectivity index (χ2v) is 5.52. The highest BCUT2D eigenvalue weighted by Gasteiger charge is 2.53. The summed E-state index contributed by atoms with van der Waals surface area (Å²) in [7, 11) is 1.11. The number of methoxy groups -OCH3 is 1. The summed E-state index contributed by atoms with van der Waals surface area (Å²) in [6, 6.07) is 0. The van der Waals surface area contributed by atoms with Gasteiger partial charge >= 0.3 is 5.97 Å². The fourth-order valence-electron chi connectivity index (χ4n) is 2.16. The van der Waals surface area contributed by atoms with Crippen molar-refractivity contribution < 1.29 is 18.7 Å². The highest BCUT2D eigenvalue weighted by molar-refractivity contribution is 6.07. The number of hydrogen-bond acceptors (Lipinski definition) is 3. The zero-order valence-electron chi connectivity index (χ0n) is 10.3. The van der Waals surface area contributed by atoms with Crippen LogP contribution in [0.1, 0.15) is 40.0 Å². The van der Waals surface area contributed by atoms with Gasteiger partial charge in [-0.25, -0.2) is 9.18 Å². The molecule has 0 aliphatic heterocycles. The van der Waals surface area contributed by atoms with Crippen molar-refractivity contribution in [2.24, 2.45) is 11.3 Å². The van der Waals surface area contributed by atoms with Crippen LogP contribution in [0.3, 0.4) is 0 Å². The molecular formula is C12H19FO3. The maximum absolute atomic E-state index is 14.3. The van der Waals surface area contributed by atoms with Crippen LogP contribution in [0.5, 0.6) is 0 Å². The van der Waals surface area contributed by atoms with Crippen LogP contribution in [-0.2, 0) is 14.3 Å². The molecule has 1 rings (SSSR count). The summed E-state index contributed by atoms with van der Waals surface area (Å²) in [5, 5.41) is 0. The molecule has 0 heterocycles. The van der Waals surface area contributed by atoms with Gasteiger partial charge in [-0.15, -0.1) is 0 Å². The molecule has 0 aromatic carbocycles. The number of rotatable bonds is 1. The Kier molecular flexibility index (Phi) is 3.41. The number of hydrogen-bond donors (Lipinski definition) is 0. The molecule has 1 aliphatic rings. The quantitative estimate of drug-likeness (QED) is 0.512. The molecule has 2 unspecified atom stereocenters. The van der Waals surface area contributed by atoms with E-state index in [1.807, 2.05) is 20.8 Å². The number of esters is 1. The molecule has 16 heavy (non-hydrogen) atoms. The van der Waals surface area contributed by atoms with E-state index in [9.17, 15) is 14.0 Å². The molecule has 1 fully saturated rings. The normalized spacial score (nSPS) is 31.3. The van der Waals surface area contributed by atoms with Crippen molar-refractivity contribution in [3.63, 3.8) is 0 Å². The van der Waals surface area contributed by atoms with Crippen LogP contribution in [0.15, 0.2) is 0 Å². The predicted octanol–water partition coefficient (Wildman–Crippen LogP) is 2.28. The third-order valence-electron chi connectivity index (χ3n) is 3.42. The van der Waals surface area contributed by atoms with E-state index in [2.05, 4.69) is 4.74 Å². The van der Waals surface area contributed by atoms with Crippen LogP contribution in [0.25, 0.3) is 0 Å². The lowest BCUT2D eigenvalue weighted by atomic mass is 9.67. The predicted molar refractivity (Wildman–Crippen MR) is 57.7 cm³/mol. The Morgan fingerprint density at radius 1 is 1.50 bits per heavy atom. The summed E-state index contributed by atoms with van der Waals surface area (Å²) in [4.78, 5) is 22.9. The number of ether oxygens (including phenoxy) is 1. The van der Waals surface area contributed by atoms with Crippen LogP contribution in [0, 0.1) is 11.3 Å². The Morgan fingerprint density at radius 3 is 2.50 bits per heavy atom. The molecule has 0 N–H and O–H groups in total. The minimum absolute atomic E-state index is 0.0225. The zero-order chi connectivity index (χ0) is 12.6. The average Bonchev–Trinajstić information content (AvgIpc) is 2.19. The molecule has 0 radical (unpaired) electrons. The maximum Gasteiger partial charge on any atom is 0.351 e. The summed E-state index contributed by atoms with van der Waals surface area (Å²) >= 11 is 0. The van der Waals surface area contributed by atoms with E-state index >= 15 is 0 Å². The molecule has 0 aromatic rings. The topological polar surface area (TPSA) is 43.4 Å². The Bertz CT molecular complexity index is 296. The minimum atomic E-state index is -2.43. The molecule has 4 heteroatoms. The van der Waals surface area contributed by atoms with Gasteiger partial charge in [-0.1, -0.05) is 20.8 Å². The Hall–Kier alpha value is -0.930. The van der Waals surface area contributed by atoms with E-state index in [4.69, 9.17) is 0 Å². The Morgan fingerprint density at radius 2 is 2.06 bits per heavy atom. The number of ketones is 1. The van der Waals surface area contributed by atoms with Crippen molar-refractivity contribution in [1.82, 2.24) is 0 Å². The highest BCUT2D eigenvalue weighted by atomic mass is 19.1. The molecule has 0 amide bonds. The largest absolute Gasteiger partial charge is 0.466 e. The van der Waals surface area contributed by atoms with Crippen molar-refractivity contribution in [3.8, 4) is 0 Å². The van der Waals surface area contributed by atoms with Crippen LogP contribution >= 0.6 is 0 Å². The first-order valence-electron chi connectivity index (χ1n) is 5.52. The second kappa shape index (κ2) is 4.15. The van der Waals surface area contributed by atoms with Gasteiger partial charge in [0.2, 0.25) is 0 Å². The van der Waals surface area contributed by atoms with Crippen LogP contribution < -0.4 is 0 Å². The van der Waals surface area contributed by atoms with Crippen molar-refractivity contribution in [1.29, 1.82) is 0 Å². The molecular weight excluding hydrogens is 211 g/mol. The SMILES string of the molecule is COC(=O)C1(F)CC(C(C)(C)C)CCC1=O. The fraction of sp³-hybridized carbons (Fsp3) is 0.833. The molecule has 1 saturated carbocycles. The third-order valence-corrected chi connectivity index (χ3v) is 3.42. The first-order chi connectivity index (χ1) is 7.21. The molecule has 0 saturated heterocycles. The molecule has 2 atom stereocenters. The van der Waals surface area contributed by atoms with Gasteiger partial charge in [-0.3, -0.25) is 4.79 Å². The zero-order valence-corrected chi connectivity index (χ0v) is 10.3. The number of Topliss-reactive ketones (excluding diaryl/α,β-unsaturated/α-hetero) is 1. The van der Waals surface area contributed by atoms with E-state index < -0.39 is 17.4 Å². The van der Waals surface area contributed by atoms with E-state index in [0.29, 0.717) is 6.42 Å². The number of alkyl halides is 1. The first kappa shape index (κ1) is 13.1. The van der Waals surface area contributed by atoms with Crippen molar-refractivity contribution in [2.45, 2.75) is 45.7 Å². The lowest BCUT2D eigenvalue weighted by Crippen LogP contribution is -2.49. The monoisotopic (exact) mass is 230 g/mol. The summed E-state index contributed by atoms with van der Waals surface area (Å²) in [5.74, 6) is -1.67. The van der Waals surface area contributed by atoms with E-state index in [1.165, 1.54) is 0 Å². The van der Waals surface area contributed by atoms with E-state index in [1.54, 1.807) is 0 Å². The van der Waals surface area contributed by atoms with Gasteiger partial charge < -0.3 is 4.74 Å². The van der Waals surface area contributed by atoms with Gasteiger partial charge in [0.25, 0.3) is 5.67 Å².